The second kappa shape index (κ2) is 7.37. The van der Waals surface area contributed by atoms with Crippen LogP contribution >= 0.6 is 0 Å². The van der Waals surface area contributed by atoms with Gasteiger partial charge in [-0.1, -0.05) is 24.3 Å². The molecule has 2 heterocycles. The molecule has 0 spiro atoms. The minimum Gasteiger partial charge on any atom is -0.454 e. The van der Waals surface area contributed by atoms with Crippen molar-refractivity contribution in [1.82, 2.24) is 10.3 Å². The lowest BCUT2D eigenvalue weighted by Crippen LogP contribution is -2.23. The second-order valence-electron chi connectivity index (χ2n) is 6.17. The Balaban J connectivity index is 1.44. The van der Waals surface area contributed by atoms with Gasteiger partial charge in [-0.25, -0.2) is 4.98 Å². The van der Waals surface area contributed by atoms with Crippen LogP contribution in [0.25, 0.3) is 0 Å². The lowest BCUT2D eigenvalue weighted by molar-refractivity contribution is 0.0950. The number of para-hydroxylation sites is 1. The molecule has 0 unspecified atom stereocenters. The summed E-state index contributed by atoms with van der Waals surface area (Å²) >= 11 is 0. The summed E-state index contributed by atoms with van der Waals surface area (Å²) in [6.45, 7) is 0.640. The van der Waals surface area contributed by atoms with Crippen LogP contribution in [0, 0.1) is 0 Å². The maximum Gasteiger partial charge on any atom is 0.251 e. The van der Waals surface area contributed by atoms with Gasteiger partial charge < -0.3 is 19.7 Å². The average Bonchev–Trinajstić information content (AvgIpc) is 3.20. The molecule has 0 fully saturated rings. The molecule has 3 aromatic rings. The Morgan fingerprint density at radius 2 is 1.89 bits per heavy atom. The number of amides is 1. The van der Waals surface area contributed by atoms with Gasteiger partial charge in [-0.2, -0.15) is 0 Å². The number of carbonyl (C=O) groups is 1. The number of fused-ring (bicyclic) bond motifs is 1. The van der Waals surface area contributed by atoms with Crippen molar-refractivity contribution >= 4 is 17.4 Å². The number of carbonyl (C=O) groups excluding carboxylic acids is 1. The zero-order valence-corrected chi connectivity index (χ0v) is 14.9. The second-order valence-corrected chi connectivity index (χ2v) is 6.17. The van der Waals surface area contributed by atoms with Crippen molar-refractivity contribution in [3.63, 3.8) is 0 Å². The number of anilines is 2. The molecule has 1 aromatic heterocycles. The highest BCUT2D eigenvalue weighted by Gasteiger charge is 2.14. The zero-order valence-electron chi connectivity index (χ0n) is 14.9. The lowest BCUT2D eigenvalue weighted by Gasteiger charge is -2.18. The third-order valence-electron chi connectivity index (χ3n) is 4.38. The molecule has 0 atom stereocenters. The summed E-state index contributed by atoms with van der Waals surface area (Å²) in [5.41, 5.74) is 2.51. The van der Waals surface area contributed by atoms with Gasteiger partial charge in [0.05, 0.1) is 0 Å². The molecule has 27 heavy (non-hydrogen) atoms. The lowest BCUT2D eigenvalue weighted by atomic mass is 10.2. The van der Waals surface area contributed by atoms with E-state index in [0.717, 1.165) is 17.0 Å². The molecule has 0 saturated heterocycles. The number of hydrogen-bond donors (Lipinski definition) is 1. The van der Waals surface area contributed by atoms with Gasteiger partial charge in [0.1, 0.15) is 5.82 Å². The molecular formula is C21H19N3O3. The number of nitrogens with one attached hydrogen (secondary N) is 1. The third kappa shape index (κ3) is 3.69. The predicted molar refractivity (Wildman–Crippen MR) is 102 cm³/mol. The molecule has 2 aromatic carbocycles. The maximum absolute atomic E-state index is 12.5. The van der Waals surface area contributed by atoms with E-state index in [4.69, 9.17) is 9.47 Å². The Morgan fingerprint density at radius 3 is 2.74 bits per heavy atom. The van der Waals surface area contributed by atoms with Crippen molar-refractivity contribution in [1.29, 1.82) is 0 Å². The SMILES string of the molecule is CN(c1ccccc1)c1cc(C(=O)NCc2ccc3c(c2)OCO3)ccn1. The van der Waals surface area contributed by atoms with Crippen molar-refractivity contribution in [3.8, 4) is 11.5 Å². The topological polar surface area (TPSA) is 63.7 Å². The average molecular weight is 361 g/mol. The standard InChI is InChI=1S/C21H19N3O3/c1-24(17-5-3-2-4-6-17)20-12-16(9-10-22-20)21(25)23-13-15-7-8-18-19(11-15)27-14-26-18/h2-12H,13-14H2,1H3,(H,23,25). The third-order valence-corrected chi connectivity index (χ3v) is 4.38. The zero-order chi connectivity index (χ0) is 18.6. The van der Waals surface area contributed by atoms with E-state index in [-0.39, 0.29) is 12.7 Å². The molecule has 6 nitrogen and oxygen atoms in total. The van der Waals surface area contributed by atoms with Gasteiger partial charge in [0.2, 0.25) is 6.79 Å². The molecule has 0 aliphatic carbocycles. The van der Waals surface area contributed by atoms with Crippen LogP contribution in [0.5, 0.6) is 11.5 Å². The Hall–Kier alpha value is -3.54. The monoisotopic (exact) mass is 361 g/mol. The molecule has 1 aliphatic rings. The quantitative estimate of drug-likeness (QED) is 0.753. The summed E-state index contributed by atoms with van der Waals surface area (Å²) in [6.07, 6.45) is 1.64. The molecule has 1 N–H and O–H groups in total. The number of pyridine rings is 1. The van der Waals surface area contributed by atoms with E-state index in [9.17, 15) is 4.79 Å². The summed E-state index contributed by atoms with van der Waals surface area (Å²) < 4.78 is 10.7. The normalized spacial score (nSPS) is 11.9. The highest BCUT2D eigenvalue weighted by Crippen LogP contribution is 2.32. The van der Waals surface area contributed by atoms with Gasteiger partial charge in [-0.15, -0.1) is 0 Å². The Morgan fingerprint density at radius 1 is 1.07 bits per heavy atom. The predicted octanol–water partition coefficient (Wildman–Crippen LogP) is 3.51. The Labute approximate surface area is 157 Å². The van der Waals surface area contributed by atoms with Crippen LogP contribution in [-0.4, -0.2) is 24.7 Å². The molecule has 136 valence electrons. The summed E-state index contributed by atoms with van der Waals surface area (Å²) in [4.78, 5) is 18.9. The van der Waals surface area contributed by atoms with Crippen LogP contribution in [-0.2, 0) is 6.54 Å². The van der Waals surface area contributed by atoms with Gasteiger partial charge in [-0.3, -0.25) is 4.79 Å². The number of rotatable bonds is 5. The number of nitrogens with zero attached hydrogens (tertiary/aromatic N) is 2. The van der Waals surface area contributed by atoms with Crippen LogP contribution < -0.4 is 19.7 Å². The molecule has 4 rings (SSSR count). The first-order valence-corrected chi connectivity index (χ1v) is 8.62. The van der Waals surface area contributed by atoms with E-state index in [1.54, 1.807) is 18.3 Å². The van der Waals surface area contributed by atoms with Gasteiger partial charge in [0, 0.05) is 31.0 Å². The number of hydrogen-bond acceptors (Lipinski definition) is 5. The van der Waals surface area contributed by atoms with Crippen molar-refractivity contribution in [2.75, 3.05) is 18.7 Å². The molecule has 0 radical (unpaired) electrons. The van der Waals surface area contributed by atoms with Gasteiger partial charge in [0.15, 0.2) is 11.5 Å². The Kier molecular flexibility index (Phi) is 4.61. The van der Waals surface area contributed by atoms with E-state index in [2.05, 4.69) is 10.3 Å². The first-order valence-electron chi connectivity index (χ1n) is 8.62. The van der Waals surface area contributed by atoms with Crippen LogP contribution in [0.3, 0.4) is 0 Å². The molecule has 0 saturated carbocycles. The minimum atomic E-state index is -0.155. The van der Waals surface area contributed by atoms with Crippen LogP contribution in [0.2, 0.25) is 0 Å². The summed E-state index contributed by atoms with van der Waals surface area (Å²) in [6, 6.07) is 19.0. The largest absolute Gasteiger partial charge is 0.454 e. The van der Waals surface area contributed by atoms with E-state index >= 15 is 0 Å². The number of aromatic nitrogens is 1. The fourth-order valence-electron chi connectivity index (χ4n) is 2.86. The maximum atomic E-state index is 12.5. The van der Waals surface area contributed by atoms with Gasteiger partial charge >= 0.3 is 0 Å². The van der Waals surface area contributed by atoms with Crippen LogP contribution in [0.1, 0.15) is 15.9 Å². The van der Waals surface area contributed by atoms with Crippen molar-refractivity contribution in [3.05, 3.63) is 78.0 Å². The van der Waals surface area contributed by atoms with Gasteiger partial charge in [0.25, 0.3) is 5.91 Å². The van der Waals surface area contributed by atoms with E-state index in [1.165, 1.54) is 0 Å². The van der Waals surface area contributed by atoms with Crippen molar-refractivity contribution in [2.45, 2.75) is 6.54 Å². The highest BCUT2D eigenvalue weighted by molar-refractivity contribution is 5.95. The highest BCUT2D eigenvalue weighted by atomic mass is 16.7. The van der Waals surface area contributed by atoms with Crippen LogP contribution in [0.15, 0.2) is 66.9 Å². The van der Waals surface area contributed by atoms with E-state index in [1.807, 2.05) is 60.5 Å². The summed E-state index contributed by atoms with van der Waals surface area (Å²) in [5.74, 6) is 1.99. The first-order chi connectivity index (χ1) is 13.2. The molecule has 1 aliphatic heterocycles. The smallest absolute Gasteiger partial charge is 0.251 e. The Bertz CT molecular complexity index is 960. The number of benzene rings is 2. The minimum absolute atomic E-state index is 0.155. The van der Waals surface area contributed by atoms with E-state index < -0.39 is 0 Å². The molecule has 1 amide bonds. The fraction of sp³-hybridized carbons (Fsp3) is 0.143. The summed E-state index contributed by atoms with van der Waals surface area (Å²) in [7, 11) is 1.92. The molecule has 6 heteroatoms. The first kappa shape index (κ1) is 16.9. The number of ether oxygens (including phenoxy) is 2. The molecular weight excluding hydrogens is 342 g/mol. The van der Waals surface area contributed by atoms with Gasteiger partial charge in [-0.05, 0) is 42.0 Å². The van der Waals surface area contributed by atoms with E-state index in [0.29, 0.717) is 23.7 Å². The van der Waals surface area contributed by atoms with Crippen molar-refractivity contribution in [2.24, 2.45) is 0 Å². The van der Waals surface area contributed by atoms with Crippen molar-refractivity contribution < 1.29 is 14.3 Å². The van der Waals surface area contributed by atoms with Crippen LogP contribution in [0.4, 0.5) is 11.5 Å². The molecule has 0 bridgehead atoms. The fourth-order valence-corrected chi connectivity index (χ4v) is 2.86. The summed E-state index contributed by atoms with van der Waals surface area (Å²) in [5, 5.41) is 2.93.